The van der Waals surface area contributed by atoms with E-state index < -0.39 is 0 Å². The molecule has 0 N–H and O–H groups in total. The second kappa shape index (κ2) is 5.35. The Hall–Kier alpha value is -2.32. The van der Waals surface area contributed by atoms with Gasteiger partial charge in [-0.25, -0.2) is 4.98 Å². The minimum absolute atomic E-state index is 0.578. The molecule has 0 spiro atoms. The first-order valence-corrected chi connectivity index (χ1v) is 7.10. The molecule has 3 aromatic rings. The number of benzene rings is 1. The normalized spacial score (nSPS) is 10.8. The van der Waals surface area contributed by atoms with Crippen molar-refractivity contribution in [3.8, 4) is 12.3 Å². The van der Waals surface area contributed by atoms with Gasteiger partial charge in [-0.2, -0.15) is 0 Å². The number of para-hydroxylation sites is 1. The van der Waals surface area contributed by atoms with E-state index in [2.05, 4.69) is 27.7 Å². The maximum atomic E-state index is 5.37. The van der Waals surface area contributed by atoms with Crippen LogP contribution in [0.4, 0.5) is 0 Å². The van der Waals surface area contributed by atoms with Crippen molar-refractivity contribution in [1.29, 1.82) is 0 Å². The maximum Gasteiger partial charge on any atom is 0.174 e. The third-order valence-electron chi connectivity index (χ3n) is 2.89. The summed E-state index contributed by atoms with van der Waals surface area (Å²) in [5.74, 6) is 3.88. The summed E-state index contributed by atoms with van der Waals surface area (Å²) in [6.45, 7) is 3.70. The molecule has 0 saturated carbocycles. The van der Waals surface area contributed by atoms with Gasteiger partial charge in [-0.05, 0) is 18.0 Å². The first kappa shape index (κ1) is 12.7. The van der Waals surface area contributed by atoms with Gasteiger partial charge in [0.05, 0.1) is 11.3 Å². The van der Waals surface area contributed by atoms with Gasteiger partial charge in [0, 0.05) is 11.8 Å². The van der Waals surface area contributed by atoms with Crippen LogP contribution in [-0.4, -0.2) is 24.9 Å². The Morgan fingerprint density at radius 2 is 2.20 bits per heavy atom. The molecule has 3 rings (SSSR count). The highest BCUT2D eigenvalue weighted by Gasteiger charge is 2.14. The van der Waals surface area contributed by atoms with Gasteiger partial charge < -0.3 is 0 Å². The third kappa shape index (κ3) is 2.04. The van der Waals surface area contributed by atoms with Gasteiger partial charge in [0.15, 0.2) is 11.5 Å². The molecule has 4 nitrogen and oxygen atoms in total. The summed E-state index contributed by atoms with van der Waals surface area (Å²) >= 11 is 1.54. The van der Waals surface area contributed by atoms with E-state index in [0.29, 0.717) is 18.0 Å². The van der Waals surface area contributed by atoms with Gasteiger partial charge in [0.2, 0.25) is 0 Å². The first-order valence-electron chi connectivity index (χ1n) is 6.15. The Kier molecular flexibility index (Phi) is 3.40. The Morgan fingerprint density at radius 1 is 1.35 bits per heavy atom. The number of terminal acetylenes is 1. The number of aromatic nitrogens is 4. The quantitative estimate of drug-likeness (QED) is 0.544. The lowest BCUT2D eigenvalue weighted by Gasteiger charge is -2.02. The number of allylic oxidation sites excluding steroid dienone is 1. The van der Waals surface area contributed by atoms with Crippen molar-refractivity contribution in [2.75, 3.05) is 5.75 Å². The average molecular weight is 280 g/mol. The van der Waals surface area contributed by atoms with Crippen LogP contribution in [0.25, 0.3) is 22.1 Å². The largest absolute Gasteiger partial charge is 0.265 e. The van der Waals surface area contributed by atoms with E-state index in [1.54, 1.807) is 6.08 Å². The molecule has 0 bridgehead atoms. The molecule has 0 saturated heterocycles. The first-order chi connectivity index (χ1) is 9.85. The predicted molar refractivity (Wildman–Crippen MR) is 83.4 cm³/mol. The number of nitrogens with zero attached hydrogens (tertiary/aromatic N) is 4. The van der Waals surface area contributed by atoms with E-state index in [0.717, 1.165) is 22.1 Å². The molecule has 0 fully saturated rings. The molecule has 0 aliphatic rings. The topological polar surface area (TPSA) is 43.6 Å². The molecule has 0 amide bonds. The summed E-state index contributed by atoms with van der Waals surface area (Å²) in [5, 5.41) is 9.49. The number of hydrogen-bond acceptors (Lipinski definition) is 4. The molecule has 0 atom stereocenters. The zero-order chi connectivity index (χ0) is 13.9. The Morgan fingerprint density at radius 3 is 3.00 bits per heavy atom. The Balaban J connectivity index is 2.30. The molecular formula is C15H12N4S. The minimum Gasteiger partial charge on any atom is -0.265 e. The van der Waals surface area contributed by atoms with Crippen LogP contribution in [0.1, 0.15) is 5.82 Å². The molecule has 98 valence electrons. The van der Waals surface area contributed by atoms with Gasteiger partial charge in [0.25, 0.3) is 0 Å². The van der Waals surface area contributed by atoms with Gasteiger partial charge in [0.1, 0.15) is 5.52 Å². The van der Waals surface area contributed by atoms with Crippen molar-refractivity contribution < 1.29 is 0 Å². The summed E-state index contributed by atoms with van der Waals surface area (Å²) in [6, 6.07) is 8.03. The lowest BCUT2D eigenvalue weighted by molar-refractivity contribution is 0.909. The monoisotopic (exact) mass is 280 g/mol. The SMILES string of the molecule is C#CCSn1c2ccccc2c2nnc(CC=C)nc21. The lowest BCUT2D eigenvalue weighted by Crippen LogP contribution is -1.99. The van der Waals surface area contributed by atoms with Crippen molar-refractivity contribution in [3.63, 3.8) is 0 Å². The Labute approximate surface area is 121 Å². The second-order valence-electron chi connectivity index (χ2n) is 4.18. The standard InChI is InChI=1S/C15H12N4S/c1-3-7-13-16-15-14(18-17-13)11-8-5-6-9-12(11)19(15)20-10-4-2/h2-3,5-6,8-9H,1,7,10H2. The summed E-state index contributed by atoms with van der Waals surface area (Å²) < 4.78 is 2.03. The van der Waals surface area contributed by atoms with Crippen LogP contribution < -0.4 is 0 Å². The highest BCUT2D eigenvalue weighted by Crippen LogP contribution is 2.29. The molecule has 0 aliphatic carbocycles. The van der Waals surface area contributed by atoms with E-state index in [4.69, 9.17) is 6.42 Å². The third-order valence-corrected chi connectivity index (χ3v) is 3.81. The van der Waals surface area contributed by atoms with Crippen LogP contribution in [0.2, 0.25) is 0 Å². The van der Waals surface area contributed by atoms with E-state index in [1.165, 1.54) is 11.9 Å². The molecule has 1 aromatic carbocycles. The van der Waals surface area contributed by atoms with Gasteiger partial charge in [-0.1, -0.05) is 30.2 Å². The van der Waals surface area contributed by atoms with Crippen LogP contribution in [0.15, 0.2) is 36.9 Å². The van der Waals surface area contributed by atoms with Crippen molar-refractivity contribution in [2.45, 2.75) is 6.42 Å². The molecule has 0 unspecified atom stereocenters. The van der Waals surface area contributed by atoms with E-state index in [1.807, 2.05) is 28.2 Å². The number of rotatable bonds is 4. The summed E-state index contributed by atoms with van der Waals surface area (Å²) in [6.07, 6.45) is 7.73. The van der Waals surface area contributed by atoms with Gasteiger partial charge in [-0.15, -0.1) is 23.2 Å². The number of hydrogen-bond donors (Lipinski definition) is 0. The van der Waals surface area contributed by atoms with Crippen molar-refractivity contribution >= 4 is 34.0 Å². The summed E-state index contributed by atoms with van der Waals surface area (Å²) in [4.78, 5) is 4.58. The van der Waals surface area contributed by atoms with Crippen molar-refractivity contribution in [1.82, 2.24) is 19.2 Å². The van der Waals surface area contributed by atoms with Crippen LogP contribution in [-0.2, 0) is 6.42 Å². The molecule has 20 heavy (non-hydrogen) atoms. The van der Waals surface area contributed by atoms with Gasteiger partial charge in [-0.3, -0.25) is 3.97 Å². The molecule has 5 heteroatoms. The van der Waals surface area contributed by atoms with E-state index in [-0.39, 0.29) is 0 Å². The fourth-order valence-corrected chi connectivity index (χ4v) is 2.83. The predicted octanol–water partition coefficient (Wildman–Crippen LogP) is 2.84. The minimum atomic E-state index is 0.578. The lowest BCUT2D eigenvalue weighted by atomic mass is 10.2. The molecule has 0 aliphatic heterocycles. The number of fused-ring (bicyclic) bond motifs is 3. The summed E-state index contributed by atoms with van der Waals surface area (Å²) in [7, 11) is 0. The Bertz CT molecular complexity index is 829. The summed E-state index contributed by atoms with van der Waals surface area (Å²) in [5.41, 5.74) is 2.66. The van der Waals surface area contributed by atoms with Crippen LogP contribution in [0.5, 0.6) is 0 Å². The van der Waals surface area contributed by atoms with Crippen LogP contribution in [0, 0.1) is 12.3 Å². The second-order valence-corrected chi connectivity index (χ2v) is 5.09. The molecule has 2 heterocycles. The fraction of sp³-hybridized carbons (Fsp3) is 0.133. The van der Waals surface area contributed by atoms with E-state index in [9.17, 15) is 0 Å². The smallest absolute Gasteiger partial charge is 0.174 e. The highest BCUT2D eigenvalue weighted by molar-refractivity contribution is 7.98. The fourth-order valence-electron chi connectivity index (χ4n) is 2.08. The van der Waals surface area contributed by atoms with Crippen LogP contribution in [0.3, 0.4) is 0 Å². The van der Waals surface area contributed by atoms with Crippen molar-refractivity contribution in [3.05, 3.63) is 42.7 Å². The van der Waals surface area contributed by atoms with E-state index >= 15 is 0 Å². The zero-order valence-corrected chi connectivity index (χ0v) is 11.6. The molecular weight excluding hydrogens is 268 g/mol. The maximum absolute atomic E-state index is 5.37. The van der Waals surface area contributed by atoms with Crippen molar-refractivity contribution in [2.24, 2.45) is 0 Å². The molecule has 2 aromatic heterocycles. The van der Waals surface area contributed by atoms with Crippen LogP contribution >= 0.6 is 11.9 Å². The average Bonchev–Trinajstić information content (AvgIpc) is 2.79. The molecule has 0 radical (unpaired) electrons. The zero-order valence-electron chi connectivity index (χ0n) is 10.8. The van der Waals surface area contributed by atoms with Gasteiger partial charge >= 0.3 is 0 Å². The highest BCUT2D eigenvalue weighted by atomic mass is 32.2.